The fourth-order valence-electron chi connectivity index (χ4n) is 2.51. The molecule has 2 fully saturated rings. The third-order valence-electron chi connectivity index (χ3n) is 3.57. The molecule has 2 saturated heterocycles. The van der Waals surface area contributed by atoms with Crippen molar-refractivity contribution in [3.8, 4) is 5.88 Å². The zero-order valence-electron chi connectivity index (χ0n) is 12.9. The summed E-state index contributed by atoms with van der Waals surface area (Å²) in [6, 6.07) is 4.00. The third-order valence-corrected chi connectivity index (χ3v) is 4.20. The molecule has 0 aliphatic carbocycles. The monoisotopic (exact) mass is 420 g/mol. The molecule has 3 rings (SSSR count). The van der Waals surface area contributed by atoms with Gasteiger partial charge >= 0.3 is 0 Å². The molecule has 0 N–H and O–H groups in total. The Balaban J connectivity index is 1.62. The molecule has 22 heavy (non-hydrogen) atoms. The summed E-state index contributed by atoms with van der Waals surface area (Å²) in [5.74, 6) is 1.04. The number of pyridine rings is 1. The van der Waals surface area contributed by atoms with Crippen LogP contribution in [0.15, 0.2) is 12.1 Å². The van der Waals surface area contributed by atoms with Crippen molar-refractivity contribution in [3.63, 3.8) is 0 Å². The number of hydrogen-bond acceptors (Lipinski definition) is 6. The molecule has 1 aromatic heterocycles. The average molecular weight is 420 g/mol. The molecule has 0 unspecified atom stereocenters. The van der Waals surface area contributed by atoms with E-state index in [1.807, 2.05) is 19.9 Å². The van der Waals surface area contributed by atoms with Gasteiger partial charge in [-0.25, -0.2) is 0 Å². The summed E-state index contributed by atoms with van der Waals surface area (Å²) in [5.41, 5.74) is 0. The third kappa shape index (κ3) is 4.21. The highest BCUT2D eigenvalue weighted by Gasteiger charge is 2.33. The van der Waals surface area contributed by atoms with Crippen LogP contribution >= 0.6 is 22.6 Å². The van der Waals surface area contributed by atoms with Crippen molar-refractivity contribution in [1.82, 2.24) is 4.98 Å². The number of morpholine rings is 1. The van der Waals surface area contributed by atoms with E-state index >= 15 is 0 Å². The van der Waals surface area contributed by atoms with Crippen LogP contribution in [0.1, 0.15) is 13.8 Å². The molecule has 0 spiro atoms. The Kier molecular flexibility index (Phi) is 5.06. The molecule has 0 bridgehead atoms. The van der Waals surface area contributed by atoms with Crippen LogP contribution in [-0.2, 0) is 14.2 Å². The van der Waals surface area contributed by atoms with E-state index in [0.29, 0.717) is 19.1 Å². The summed E-state index contributed by atoms with van der Waals surface area (Å²) in [4.78, 5) is 6.82. The molecule has 6 nitrogen and oxygen atoms in total. The van der Waals surface area contributed by atoms with Gasteiger partial charge in [0.1, 0.15) is 18.5 Å². The van der Waals surface area contributed by atoms with E-state index in [2.05, 4.69) is 38.5 Å². The zero-order valence-corrected chi connectivity index (χ0v) is 15.0. The molecule has 0 radical (unpaired) electrons. The quantitative estimate of drug-likeness (QED) is 0.696. The van der Waals surface area contributed by atoms with Crippen molar-refractivity contribution in [2.24, 2.45) is 0 Å². The van der Waals surface area contributed by atoms with E-state index in [4.69, 9.17) is 18.9 Å². The summed E-state index contributed by atoms with van der Waals surface area (Å²) >= 11 is 2.29. The first-order chi connectivity index (χ1) is 10.5. The molecular formula is C15H21IN2O4. The lowest BCUT2D eigenvalue weighted by Gasteiger charge is -2.28. The second-order valence-electron chi connectivity index (χ2n) is 5.84. The maximum atomic E-state index is 5.82. The minimum Gasteiger partial charge on any atom is -0.475 e. The van der Waals surface area contributed by atoms with Crippen molar-refractivity contribution >= 4 is 28.4 Å². The molecule has 122 valence electrons. The van der Waals surface area contributed by atoms with Crippen LogP contribution in [0.5, 0.6) is 5.88 Å². The number of halogens is 1. The highest BCUT2D eigenvalue weighted by atomic mass is 127. The molecule has 3 heterocycles. The summed E-state index contributed by atoms with van der Waals surface area (Å²) < 4.78 is 23.6. The van der Waals surface area contributed by atoms with Gasteiger partial charge in [0.15, 0.2) is 5.79 Å². The summed E-state index contributed by atoms with van der Waals surface area (Å²) in [6.45, 7) is 8.02. The number of anilines is 1. The Morgan fingerprint density at radius 3 is 2.82 bits per heavy atom. The van der Waals surface area contributed by atoms with Crippen molar-refractivity contribution in [3.05, 3.63) is 15.7 Å². The normalized spacial score (nSPS) is 24.5. The average Bonchev–Trinajstić information content (AvgIpc) is 2.85. The number of rotatable bonds is 4. The molecule has 2 aliphatic rings. The van der Waals surface area contributed by atoms with Gasteiger partial charge in [0.2, 0.25) is 5.88 Å². The Hall–Kier alpha value is -0.640. The molecule has 1 atom stereocenters. The van der Waals surface area contributed by atoms with Crippen LogP contribution in [0.25, 0.3) is 0 Å². The van der Waals surface area contributed by atoms with Gasteiger partial charge in [-0.15, -0.1) is 0 Å². The van der Waals surface area contributed by atoms with E-state index in [-0.39, 0.29) is 6.10 Å². The first-order valence-corrected chi connectivity index (χ1v) is 8.54. The first-order valence-electron chi connectivity index (χ1n) is 7.47. The highest BCUT2D eigenvalue weighted by molar-refractivity contribution is 14.1. The van der Waals surface area contributed by atoms with Gasteiger partial charge in [0.25, 0.3) is 0 Å². The second-order valence-corrected chi connectivity index (χ2v) is 7.09. The maximum absolute atomic E-state index is 5.82. The zero-order chi connectivity index (χ0) is 15.6. The van der Waals surface area contributed by atoms with Crippen LogP contribution in [0.3, 0.4) is 0 Å². The van der Waals surface area contributed by atoms with Crippen molar-refractivity contribution < 1.29 is 18.9 Å². The molecular weight excluding hydrogens is 399 g/mol. The summed E-state index contributed by atoms with van der Waals surface area (Å²) in [6.07, 6.45) is -0.0542. The second kappa shape index (κ2) is 6.86. The van der Waals surface area contributed by atoms with E-state index in [1.54, 1.807) is 0 Å². The van der Waals surface area contributed by atoms with Gasteiger partial charge in [-0.3, -0.25) is 0 Å². The SMILES string of the molecule is CC1(C)OC[C@@H](COc2cc(I)cc(N3CCOCC3)n2)O1. The van der Waals surface area contributed by atoms with Crippen molar-refractivity contribution in [2.45, 2.75) is 25.7 Å². The number of hydrogen-bond donors (Lipinski definition) is 0. The largest absolute Gasteiger partial charge is 0.475 e. The van der Waals surface area contributed by atoms with E-state index in [0.717, 1.165) is 35.7 Å². The van der Waals surface area contributed by atoms with E-state index < -0.39 is 5.79 Å². The Morgan fingerprint density at radius 2 is 2.14 bits per heavy atom. The predicted octanol–water partition coefficient (Wildman–Crippen LogP) is 2.05. The lowest BCUT2D eigenvalue weighted by atomic mass is 10.3. The smallest absolute Gasteiger partial charge is 0.216 e. The number of ether oxygens (including phenoxy) is 4. The molecule has 2 aliphatic heterocycles. The minimum absolute atomic E-state index is 0.0542. The standard InChI is InChI=1S/C15H21IN2O4/c1-15(2)21-10-12(22-15)9-20-14-8-11(16)7-13(17-14)18-3-5-19-6-4-18/h7-8,12H,3-6,9-10H2,1-2H3/t12-/m1/s1. The van der Waals surface area contributed by atoms with E-state index in [1.165, 1.54) is 0 Å². The topological polar surface area (TPSA) is 53.1 Å². The first kappa shape index (κ1) is 16.2. The number of nitrogens with zero attached hydrogens (tertiary/aromatic N) is 2. The minimum atomic E-state index is -0.522. The molecule has 7 heteroatoms. The van der Waals surface area contributed by atoms with Crippen LogP contribution < -0.4 is 9.64 Å². The van der Waals surface area contributed by atoms with Crippen LogP contribution in [0.4, 0.5) is 5.82 Å². The summed E-state index contributed by atoms with van der Waals surface area (Å²) in [5, 5.41) is 0. The van der Waals surface area contributed by atoms with Gasteiger partial charge in [-0.05, 0) is 42.5 Å². The highest BCUT2D eigenvalue weighted by Crippen LogP contribution is 2.25. The van der Waals surface area contributed by atoms with Crippen molar-refractivity contribution in [1.29, 1.82) is 0 Å². The number of aromatic nitrogens is 1. The van der Waals surface area contributed by atoms with Crippen LogP contribution in [-0.4, -0.2) is 56.4 Å². The molecule has 0 amide bonds. The Labute approximate surface area is 144 Å². The Morgan fingerprint density at radius 1 is 1.36 bits per heavy atom. The van der Waals surface area contributed by atoms with Gasteiger partial charge < -0.3 is 23.8 Å². The van der Waals surface area contributed by atoms with Crippen LogP contribution in [0.2, 0.25) is 0 Å². The van der Waals surface area contributed by atoms with Gasteiger partial charge in [-0.2, -0.15) is 4.98 Å². The fraction of sp³-hybridized carbons (Fsp3) is 0.667. The van der Waals surface area contributed by atoms with Gasteiger partial charge in [0, 0.05) is 22.7 Å². The van der Waals surface area contributed by atoms with Crippen molar-refractivity contribution in [2.75, 3.05) is 44.4 Å². The molecule has 0 aromatic carbocycles. The lowest BCUT2D eigenvalue weighted by molar-refractivity contribution is -0.141. The Bertz CT molecular complexity index is 520. The predicted molar refractivity (Wildman–Crippen MR) is 90.4 cm³/mol. The van der Waals surface area contributed by atoms with E-state index in [9.17, 15) is 0 Å². The fourth-order valence-corrected chi connectivity index (χ4v) is 3.06. The van der Waals surface area contributed by atoms with Gasteiger partial charge in [0.05, 0.1) is 19.8 Å². The van der Waals surface area contributed by atoms with Crippen LogP contribution in [0, 0.1) is 3.57 Å². The lowest BCUT2D eigenvalue weighted by Crippen LogP contribution is -2.36. The maximum Gasteiger partial charge on any atom is 0.216 e. The summed E-state index contributed by atoms with van der Waals surface area (Å²) in [7, 11) is 0. The molecule has 0 saturated carbocycles. The van der Waals surface area contributed by atoms with Gasteiger partial charge in [-0.1, -0.05) is 0 Å². The molecule has 1 aromatic rings.